The third-order valence-corrected chi connectivity index (χ3v) is 4.01. The molecule has 6 heteroatoms. The number of nitro groups is 1. The molecule has 0 atom stereocenters. The van der Waals surface area contributed by atoms with E-state index in [9.17, 15) is 10.1 Å². The predicted octanol–water partition coefficient (Wildman–Crippen LogP) is 4.51. The van der Waals surface area contributed by atoms with Gasteiger partial charge >= 0.3 is 5.69 Å². The van der Waals surface area contributed by atoms with Crippen LogP contribution in [0.2, 0.25) is 0 Å². The Labute approximate surface area is 149 Å². The van der Waals surface area contributed by atoms with E-state index in [0.717, 1.165) is 22.5 Å². The number of pyridine rings is 1. The van der Waals surface area contributed by atoms with Crippen molar-refractivity contribution in [3.63, 3.8) is 0 Å². The minimum absolute atomic E-state index is 0.0904. The van der Waals surface area contributed by atoms with E-state index in [4.69, 9.17) is 0 Å². The summed E-state index contributed by atoms with van der Waals surface area (Å²) in [7, 11) is 0. The molecule has 0 saturated heterocycles. The second kappa shape index (κ2) is 6.60. The van der Waals surface area contributed by atoms with E-state index in [2.05, 4.69) is 10.1 Å². The number of benzene rings is 2. The van der Waals surface area contributed by atoms with E-state index in [1.807, 2.05) is 66.7 Å². The first-order chi connectivity index (χ1) is 12.7. The molecule has 2 heterocycles. The van der Waals surface area contributed by atoms with Crippen molar-refractivity contribution in [2.75, 3.05) is 0 Å². The molecule has 0 aliphatic rings. The summed E-state index contributed by atoms with van der Waals surface area (Å²) in [6, 6.07) is 24.2. The maximum atomic E-state index is 11.4. The van der Waals surface area contributed by atoms with Crippen molar-refractivity contribution in [3.8, 4) is 28.3 Å². The van der Waals surface area contributed by atoms with Crippen molar-refractivity contribution < 1.29 is 4.92 Å². The van der Waals surface area contributed by atoms with Gasteiger partial charge in [-0.05, 0) is 12.1 Å². The highest BCUT2D eigenvalue weighted by molar-refractivity contribution is 5.71. The lowest BCUT2D eigenvalue weighted by atomic mass is 10.1. The molecule has 0 fully saturated rings. The number of rotatable bonds is 4. The third-order valence-electron chi connectivity index (χ3n) is 4.01. The van der Waals surface area contributed by atoms with E-state index >= 15 is 0 Å². The summed E-state index contributed by atoms with van der Waals surface area (Å²) >= 11 is 0. The van der Waals surface area contributed by atoms with Gasteiger partial charge < -0.3 is 0 Å². The lowest BCUT2D eigenvalue weighted by Gasteiger charge is -2.06. The molecule has 0 N–H and O–H groups in total. The highest BCUT2D eigenvalue weighted by Crippen LogP contribution is 2.30. The zero-order valence-corrected chi connectivity index (χ0v) is 13.7. The van der Waals surface area contributed by atoms with Crippen LogP contribution in [0.15, 0.2) is 85.1 Å². The number of hydrogen-bond donors (Lipinski definition) is 0. The fourth-order valence-electron chi connectivity index (χ4n) is 2.80. The van der Waals surface area contributed by atoms with Crippen LogP contribution < -0.4 is 0 Å². The smallest absolute Gasteiger partial charge is 0.258 e. The minimum atomic E-state index is -0.443. The molecule has 0 spiro atoms. The molecule has 6 nitrogen and oxygen atoms in total. The van der Waals surface area contributed by atoms with Crippen molar-refractivity contribution in [3.05, 3.63) is 95.2 Å². The molecule has 126 valence electrons. The SMILES string of the molecule is O=[N+]([O-])c1cccnc1-n1nc(-c2ccccc2)cc1-c1ccccc1. The van der Waals surface area contributed by atoms with Crippen LogP contribution in [-0.4, -0.2) is 19.7 Å². The lowest BCUT2D eigenvalue weighted by molar-refractivity contribution is -0.384. The van der Waals surface area contributed by atoms with Crippen LogP contribution >= 0.6 is 0 Å². The quantitative estimate of drug-likeness (QED) is 0.404. The van der Waals surface area contributed by atoms with E-state index in [1.54, 1.807) is 6.07 Å². The zero-order chi connectivity index (χ0) is 17.9. The predicted molar refractivity (Wildman–Crippen MR) is 98.9 cm³/mol. The second-order valence-corrected chi connectivity index (χ2v) is 5.66. The molecular weight excluding hydrogens is 328 g/mol. The average Bonchev–Trinajstić information content (AvgIpc) is 3.14. The van der Waals surface area contributed by atoms with Crippen molar-refractivity contribution in [1.82, 2.24) is 14.8 Å². The highest BCUT2D eigenvalue weighted by Gasteiger charge is 2.21. The summed E-state index contributed by atoms with van der Waals surface area (Å²) in [5.74, 6) is 0.193. The molecule has 0 aliphatic carbocycles. The van der Waals surface area contributed by atoms with Gasteiger partial charge in [-0.2, -0.15) is 5.10 Å². The van der Waals surface area contributed by atoms with Crippen molar-refractivity contribution >= 4 is 5.69 Å². The van der Waals surface area contributed by atoms with E-state index < -0.39 is 4.92 Å². The van der Waals surface area contributed by atoms with E-state index in [1.165, 1.54) is 16.9 Å². The summed E-state index contributed by atoms with van der Waals surface area (Å²) in [6.07, 6.45) is 1.53. The van der Waals surface area contributed by atoms with Crippen molar-refractivity contribution in [2.45, 2.75) is 0 Å². The van der Waals surface area contributed by atoms with Crippen molar-refractivity contribution in [2.24, 2.45) is 0 Å². The fraction of sp³-hybridized carbons (Fsp3) is 0. The molecule has 4 aromatic rings. The maximum absolute atomic E-state index is 11.4. The molecule has 2 aromatic carbocycles. The molecule has 0 aliphatic heterocycles. The summed E-state index contributed by atoms with van der Waals surface area (Å²) in [5, 5.41) is 16.1. The Morgan fingerprint density at radius 2 is 1.50 bits per heavy atom. The van der Waals surface area contributed by atoms with Crippen LogP contribution in [-0.2, 0) is 0 Å². The minimum Gasteiger partial charge on any atom is -0.258 e. The molecule has 0 saturated carbocycles. The Morgan fingerprint density at radius 1 is 0.846 bits per heavy atom. The maximum Gasteiger partial charge on any atom is 0.313 e. The van der Waals surface area contributed by atoms with Crippen LogP contribution in [0.5, 0.6) is 0 Å². The van der Waals surface area contributed by atoms with Crippen LogP contribution in [0.25, 0.3) is 28.3 Å². The van der Waals surface area contributed by atoms with Crippen LogP contribution in [0.1, 0.15) is 0 Å². The molecule has 26 heavy (non-hydrogen) atoms. The molecule has 0 radical (unpaired) electrons. The number of hydrogen-bond acceptors (Lipinski definition) is 4. The molecule has 2 aromatic heterocycles. The van der Waals surface area contributed by atoms with Gasteiger partial charge in [0.25, 0.3) is 0 Å². The van der Waals surface area contributed by atoms with Crippen LogP contribution in [0.3, 0.4) is 0 Å². The standard InChI is InChI=1S/C20H14N4O2/c25-24(26)18-12-7-13-21-20(18)23-19(16-10-5-2-6-11-16)14-17(22-23)15-8-3-1-4-9-15/h1-14H. The fourth-order valence-corrected chi connectivity index (χ4v) is 2.80. The first kappa shape index (κ1) is 15.7. The third kappa shape index (κ3) is 2.84. The Kier molecular flexibility index (Phi) is 3.99. The molecule has 0 bridgehead atoms. The molecule has 0 amide bonds. The van der Waals surface area contributed by atoms with Crippen molar-refractivity contribution in [1.29, 1.82) is 0 Å². The summed E-state index contributed by atoms with van der Waals surface area (Å²) < 4.78 is 1.54. The van der Waals surface area contributed by atoms with Gasteiger partial charge in [0.1, 0.15) is 0 Å². The van der Waals surface area contributed by atoms with Gasteiger partial charge in [-0.1, -0.05) is 60.7 Å². The number of aromatic nitrogens is 3. The van der Waals surface area contributed by atoms with Gasteiger partial charge in [-0.25, -0.2) is 9.67 Å². The van der Waals surface area contributed by atoms with Gasteiger partial charge in [-0.3, -0.25) is 10.1 Å². The second-order valence-electron chi connectivity index (χ2n) is 5.66. The monoisotopic (exact) mass is 342 g/mol. The lowest BCUT2D eigenvalue weighted by Crippen LogP contribution is -2.05. The van der Waals surface area contributed by atoms with E-state index in [0.29, 0.717) is 0 Å². The van der Waals surface area contributed by atoms with Gasteiger partial charge in [0.05, 0.1) is 16.3 Å². The Hall–Kier alpha value is -3.80. The van der Waals surface area contributed by atoms with Gasteiger partial charge in [-0.15, -0.1) is 0 Å². The molecule has 4 rings (SSSR count). The normalized spacial score (nSPS) is 10.6. The first-order valence-corrected chi connectivity index (χ1v) is 8.05. The highest BCUT2D eigenvalue weighted by atomic mass is 16.6. The molecule has 0 unspecified atom stereocenters. The topological polar surface area (TPSA) is 73.8 Å². The summed E-state index contributed by atoms with van der Waals surface area (Å²) in [6.45, 7) is 0. The van der Waals surface area contributed by atoms with Gasteiger partial charge in [0.15, 0.2) is 0 Å². The average molecular weight is 342 g/mol. The van der Waals surface area contributed by atoms with Gasteiger partial charge in [0.2, 0.25) is 5.82 Å². The van der Waals surface area contributed by atoms with Crippen LogP contribution in [0, 0.1) is 10.1 Å². The van der Waals surface area contributed by atoms with Gasteiger partial charge in [0, 0.05) is 23.4 Å². The number of nitrogens with zero attached hydrogens (tertiary/aromatic N) is 4. The van der Waals surface area contributed by atoms with E-state index in [-0.39, 0.29) is 11.5 Å². The zero-order valence-electron chi connectivity index (χ0n) is 13.7. The first-order valence-electron chi connectivity index (χ1n) is 8.05. The summed E-state index contributed by atoms with van der Waals surface area (Å²) in [4.78, 5) is 15.2. The largest absolute Gasteiger partial charge is 0.313 e. The Bertz CT molecular complexity index is 1060. The Morgan fingerprint density at radius 3 is 2.15 bits per heavy atom. The summed E-state index contributed by atoms with van der Waals surface area (Å²) in [5.41, 5.74) is 3.21. The molecular formula is C20H14N4O2. The van der Waals surface area contributed by atoms with Crippen LogP contribution in [0.4, 0.5) is 5.69 Å². The Balaban J connectivity index is 1.97.